The molecule has 1 unspecified atom stereocenters. The van der Waals surface area contributed by atoms with E-state index < -0.39 is 0 Å². The molecule has 3 rings (SSSR count). The van der Waals surface area contributed by atoms with Gasteiger partial charge in [-0.3, -0.25) is 0 Å². The molecule has 3 N–H and O–H groups in total. The van der Waals surface area contributed by atoms with Crippen molar-refractivity contribution in [2.24, 2.45) is 5.92 Å². The van der Waals surface area contributed by atoms with Crippen LogP contribution in [0.4, 0.5) is 0 Å². The molecule has 1 fully saturated rings. The molecular weight excluding hydrogens is 250 g/mol. The summed E-state index contributed by atoms with van der Waals surface area (Å²) < 4.78 is 0. The van der Waals surface area contributed by atoms with Crippen LogP contribution in [0, 0.1) is 5.92 Å². The normalized spacial score (nSPS) is 16.0. The Bertz CT molecular complexity index is 579. The standard InChI is InChI=1S/C17H19NO2/c19-15-8-4-7-14(17(15)20)11-18-16(13-9-10-13)12-5-2-1-3-6-12/h1-8,13,16,18-20H,9-11H2. The maximum Gasteiger partial charge on any atom is 0.161 e. The van der Waals surface area contributed by atoms with Crippen molar-refractivity contribution in [2.45, 2.75) is 25.4 Å². The van der Waals surface area contributed by atoms with Crippen LogP contribution < -0.4 is 5.32 Å². The molecule has 104 valence electrons. The number of aromatic hydroxyl groups is 2. The fourth-order valence-corrected chi connectivity index (χ4v) is 2.59. The molecule has 2 aromatic carbocycles. The Kier molecular flexibility index (Phi) is 3.61. The van der Waals surface area contributed by atoms with Crippen LogP contribution in [0.15, 0.2) is 48.5 Å². The SMILES string of the molecule is Oc1cccc(CNC(c2ccccc2)C2CC2)c1O. The van der Waals surface area contributed by atoms with E-state index in [1.165, 1.54) is 24.5 Å². The number of hydrogen-bond donors (Lipinski definition) is 3. The third-order valence-corrected chi connectivity index (χ3v) is 3.86. The van der Waals surface area contributed by atoms with Gasteiger partial charge in [0, 0.05) is 18.2 Å². The molecule has 0 radical (unpaired) electrons. The Morgan fingerprint density at radius 2 is 1.75 bits per heavy atom. The summed E-state index contributed by atoms with van der Waals surface area (Å²) in [6, 6.07) is 15.8. The van der Waals surface area contributed by atoms with Crippen LogP contribution in [0.3, 0.4) is 0 Å². The minimum atomic E-state index is -0.0630. The van der Waals surface area contributed by atoms with Gasteiger partial charge in [-0.05, 0) is 30.4 Å². The van der Waals surface area contributed by atoms with E-state index in [2.05, 4.69) is 29.6 Å². The van der Waals surface area contributed by atoms with E-state index in [1.807, 2.05) is 12.1 Å². The summed E-state index contributed by atoms with van der Waals surface area (Å²) in [7, 11) is 0. The first-order chi connectivity index (χ1) is 9.75. The zero-order valence-corrected chi connectivity index (χ0v) is 11.3. The molecule has 0 amide bonds. The first-order valence-corrected chi connectivity index (χ1v) is 7.04. The predicted octanol–water partition coefficient (Wildman–Crippen LogP) is 3.34. The third-order valence-electron chi connectivity index (χ3n) is 3.86. The summed E-state index contributed by atoms with van der Waals surface area (Å²) in [5.74, 6) is 0.589. The van der Waals surface area contributed by atoms with Gasteiger partial charge >= 0.3 is 0 Å². The summed E-state index contributed by atoms with van der Waals surface area (Å²) in [5, 5.41) is 22.9. The van der Waals surface area contributed by atoms with E-state index in [0.29, 0.717) is 18.5 Å². The molecular formula is C17H19NO2. The molecule has 0 saturated heterocycles. The lowest BCUT2D eigenvalue weighted by Crippen LogP contribution is -2.22. The first-order valence-electron chi connectivity index (χ1n) is 7.04. The van der Waals surface area contributed by atoms with E-state index in [1.54, 1.807) is 6.07 Å². The van der Waals surface area contributed by atoms with Crippen LogP contribution in [0.25, 0.3) is 0 Å². The van der Waals surface area contributed by atoms with Gasteiger partial charge in [0.25, 0.3) is 0 Å². The average Bonchev–Trinajstić information content (AvgIpc) is 3.29. The van der Waals surface area contributed by atoms with Gasteiger partial charge in [0.15, 0.2) is 11.5 Å². The Hall–Kier alpha value is -2.00. The lowest BCUT2D eigenvalue weighted by Gasteiger charge is -2.19. The highest BCUT2D eigenvalue weighted by Crippen LogP contribution is 2.41. The Labute approximate surface area is 118 Å². The molecule has 1 saturated carbocycles. The van der Waals surface area contributed by atoms with E-state index in [9.17, 15) is 10.2 Å². The van der Waals surface area contributed by atoms with Crippen LogP contribution in [0.5, 0.6) is 11.5 Å². The van der Waals surface area contributed by atoms with Crippen LogP contribution in [0.1, 0.15) is 30.0 Å². The van der Waals surface area contributed by atoms with Gasteiger partial charge in [-0.15, -0.1) is 0 Å². The van der Waals surface area contributed by atoms with Gasteiger partial charge in [-0.2, -0.15) is 0 Å². The zero-order valence-electron chi connectivity index (χ0n) is 11.3. The maximum absolute atomic E-state index is 9.85. The number of phenolic OH excluding ortho intramolecular Hbond substituents is 2. The lowest BCUT2D eigenvalue weighted by atomic mass is 10.0. The van der Waals surface area contributed by atoms with Gasteiger partial charge in [-0.25, -0.2) is 0 Å². The third kappa shape index (κ3) is 2.78. The van der Waals surface area contributed by atoms with Gasteiger partial charge < -0.3 is 15.5 Å². The van der Waals surface area contributed by atoms with Gasteiger partial charge in [0.05, 0.1) is 0 Å². The molecule has 0 aliphatic heterocycles. The minimum Gasteiger partial charge on any atom is -0.504 e. The van der Waals surface area contributed by atoms with Crippen LogP contribution >= 0.6 is 0 Å². The molecule has 20 heavy (non-hydrogen) atoms. The van der Waals surface area contributed by atoms with Crippen molar-refractivity contribution in [3.63, 3.8) is 0 Å². The van der Waals surface area contributed by atoms with Gasteiger partial charge in [0.2, 0.25) is 0 Å². The molecule has 0 heterocycles. The second-order valence-electron chi connectivity index (χ2n) is 5.39. The number of nitrogens with one attached hydrogen (secondary N) is 1. The predicted molar refractivity (Wildman–Crippen MR) is 78.5 cm³/mol. The van der Waals surface area contributed by atoms with E-state index in [-0.39, 0.29) is 11.5 Å². The van der Waals surface area contributed by atoms with Crippen LogP contribution in [-0.4, -0.2) is 10.2 Å². The smallest absolute Gasteiger partial charge is 0.161 e. The largest absolute Gasteiger partial charge is 0.504 e. The van der Waals surface area contributed by atoms with Crippen molar-refractivity contribution in [1.29, 1.82) is 0 Å². The number of rotatable bonds is 5. The van der Waals surface area contributed by atoms with Crippen molar-refractivity contribution in [2.75, 3.05) is 0 Å². The van der Waals surface area contributed by atoms with Crippen molar-refractivity contribution < 1.29 is 10.2 Å². The molecule has 3 nitrogen and oxygen atoms in total. The Morgan fingerprint density at radius 3 is 2.45 bits per heavy atom. The first kappa shape index (κ1) is 13.0. The molecule has 1 aliphatic rings. The highest BCUT2D eigenvalue weighted by atomic mass is 16.3. The van der Waals surface area contributed by atoms with Crippen molar-refractivity contribution in [3.05, 3.63) is 59.7 Å². The summed E-state index contributed by atoms with van der Waals surface area (Å²) in [4.78, 5) is 0. The molecule has 1 atom stereocenters. The van der Waals surface area contributed by atoms with Crippen molar-refractivity contribution in [3.8, 4) is 11.5 Å². The second-order valence-corrected chi connectivity index (χ2v) is 5.39. The molecule has 0 spiro atoms. The van der Waals surface area contributed by atoms with Crippen molar-refractivity contribution >= 4 is 0 Å². The summed E-state index contributed by atoms with van der Waals surface area (Å²) >= 11 is 0. The fraction of sp³-hybridized carbons (Fsp3) is 0.294. The monoisotopic (exact) mass is 269 g/mol. The maximum atomic E-state index is 9.85. The lowest BCUT2D eigenvalue weighted by molar-refractivity contribution is 0.394. The number of phenols is 2. The van der Waals surface area contributed by atoms with E-state index in [0.717, 1.165) is 5.56 Å². The minimum absolute atomic E-state index is 0.0254. The molecule has 0 aromatic heterocycles. The average molecular weight is 269 g/mol. The second kappa shape index (κ2) is 5.55. The van der Waals surface area contributed by atoms with Crippen LogP contribution in [0.2, 0.25) is 0 Å². The molecule has 0 bridgehead atoms. The molecule has 1 aliphatic carbocycles. The van der Waals surface area contributed by atoms with Crippen molar-refractivity contribution in [1.82, 2.24) is 5.32 Å². The van der Waals surface area contributed by atoms with E-state index >= 15 is 0 Å². The molecule has 2 aromatic rings. The van der Waals surface area contributed by atoms with Crippen LogP contribution in [-0.2, 0) is 6.54 Å². The molecule has 3 heteroatoms. The fourth-order valence-electron chi connectivity index (χ4n) is 2.59. The quantitative estimate of drug-likeness (QED) is 0.730. The summed E-state index contributed by atoms with van der Waals surface area (Å²) in [6.07, 6.45) is 2.50. The number of hydrogen-bond acceptors (Lipinski definition) is 3. The van der Waals surface area contributed by atoms with E-state index in [4.69, 9.17) is 0 Å². The van der Waals surface area contributed by atoms with Gasteiger partial charge in [0.1, 0.15) is 0 Å². The summed E-state index contributed by atoms with van der Waals surface area (Å²) in [6.45, 7) is 0.552. The topological polar surface area (TPSA) is 52.5 Å². The number of para-hydroxylation sites is 1. The number of benzene rings is 2. The zero-order chi connectivity index (χ0) is 13.9. The Balaban J connectivity index is 1.73. The van der Waals surface area contributed by atoms with Gasteiger partial charge in [-0.1, -0.05) is 42.5 Å². The Morgan fingerprint density at radius 1 is 1.00 bits per heavy atom. The highest BCUT2D eigenvalue weighted by molar-refractivity contribution is 5.44. The summed E-state index contributed by atoms with van der Waals surface area (Å²) in [5.41, 5.74) is 2.02. The highest BCUT2D eigenvalue weighted by Gasteiger charge is 2.31.